The van der Waals surface area contributed by atoms with Crippen LogP contribution in [0, 0.1) is 0 Å². The minimum atomic E-state index is -0.929. The van der Waals surface area contributed by atoms with Crippen LogP contribution in [0.25, 0.3) is 0 Å². The highest BCUT2D eigenvalue weighted by atomic mass is 35.5. The standard InChI is InChI=1S/C15H22ClNO2/c1-3-4-5-6-11-15(2,14(18)19)17-13-9-7-12(16)8-10-13/h7-10,17H,3-6,11H2,1-2H3,(H,18,19). The number of rotatable bonds is 8. The molecule has 1 rings (SSSR count). The summed E-state index contributed by atoms with van der Waals surface area (Å²) in [6.07, 6.45) is 4.90. The third-order valence-electron chi connectivity index (χ3n) is 3.27. The quantitative estimate of drug-likeness (QED) is 0.687. The first-order chi connectivity index (χ1) is 8.98. The molecule has 2 N–H and O–H groups in total. The Morgan fingerprint density at radius 2 is 1.89 bits per heavy atom. The predicted octanol–water partition coefficient (Wildman–Crippen LogP) is 4.57. The minimum absolute atomic E-state index is 0.616. The molecule has 1 atom stereocenters. The molecular weight excluding hydrogens is 262 g/mol. The van der Waals surface area contributed by atoms with Crippen LogP contribution < -0.4 is 5.32 Å². The summed E-state index contributed by atoms with van der Waals surface area (Å²) in [7, 11) is 0. The van der Waals surface area contributed by atoms with Crippen molar-refractivity contribution in [2.24, 2.45) is 0 Å². The lowest BCUT2D eigenvalue weighted by Crippen LogP contribution is -2.43. The molecule has 0 aliphatic carbocycles. The van der Waals surface area contributed by atoms with Crippen molar-refractivity contribution in [3.63, 3.8) is 0 Å². The maximum Gasteiger partial charge on any atom is 0.329 e. The summed E-state index contributed by atoms with van der Waals surface area (Å²) in [5.74, 6) is -0.820. The molecule has 0 aromatic heterocycles. The molecule has 0 saturated carbocycles. The Kier molecular flexibility index (Phi) is 6.16. The molecule has 0 bridgehead atoms. The van der Waals surface area contributed by atoms with Crippen molar-refractivity contribution in [2.75, 3.05) is 5.32 Å². The van der Waals surface area contributed by atoms with Crippen LogP contribution >= 0.6 is 11.6 Å². The van der Waals surface area contributed by atoms with E-state index in [0.29, 0.717) is 11.4 Å². The van der Waals surface area contributed by atoms with E-state index >= 15 is 0 Å². The number of benzene rings is 1. The highest BCUT2D eigenvalue weighted by Crippen LogP contribution is 2.23. The molecule has 0 amide bonds. The molecule has 0 aliphatic heterocycles. The summed E-state index contributed by atoms with van der Waals surface area (Å²) in [5.41, 5.74) is -0.147. The van der Waals surface area contributed by atoms with E-state index in [-0.39, 0.29) is 0 Å². The van der Waals surface area contributed by atoms with E-state index in [0.717, 1.165) is 31.4 Å². The number of hydrogen-bond donors (Lipinski definition) is 2. The van der Waals surface area contributed by atoms with E-state index in [2.05, 4.69) is 12.2 Å². The van der Waals surface area contributed by atoms with Gasteiger partial charge in [0.2, 0.25) is 0 Å². The van der Waals surface area contributed by atoms with Gasteiger partial charge in [-0.25, -0.2) is 4.79 Å². The van der Waals surface area contributed by atoms with E-state index in [9.17, 15) is 9.90 Å². The van der Waals surface area contributed by atoms with Gasteiger partial charge in [-0.1, -0.05) is 44.2 Å². The van der Waals surface area contributed by atoms with Gasteiger partial charge in [-0.05, 0) is 37.6 Å². The van der Waals surface area contributed by atoms with E-state index in [1.807, 2.05) is 0 Å². The summed E-state index contributed by atoms with van der Waals surface area (Å²) in [6.45, 7) is 3.87. The molecule has 0 saturated heterocycles. The van der Waals surface area contributed by atoms with Crippen molar-refractivity contribution in [3.8, 4) is 0 Å². The third kappa shape index (κ3) is 5.11. The number of carboxylic acid groups (broad SMARTS) is 1. The molecule has 19 heavy (non-hydrogen) atoms. The third-order valence-corrected chi connectivity index (χ3v) is 3.52. The number of halogens is 1. The molecule has 0 aliphatic rings. The fraction of sp³-hybridized carbons (Fsp3) is 0.533. The lowest BCUT2D eigenvalue weighted by Gasteiger charge is -2.27. The first-order valence-corrected chi connectivity index (χ1v) is 7.13. The molecule has 4 heteroatoms. The van der Waals surface area contributed by atoms with Crippen LogP contribution in [0.5, 0.6) is 0 Å². The summed E-state index contributed by atoms with van der Waals surface area (Å²) in [4.78, 5) is 11.5. The smallest absolute Gasteiger partial charge is 0.329 e. The number of unbranched alkanes of at least 4 members (excludes halogenated alkanes) is 3. The van der Waals surface area contributed by atoms with Gasteiger partial charge in [-0.15, -0.1) is 0 Å². The van der Waals surface area contributed by atoms with Crippen molar-refractivity contribution in [3.05, 3.63) is 29.3 Å². The Morgan fingerprint density at radius 1 is 1.26 bits per heavy atom. The number of aliphatic carboxylic acids is 1. The maximum absolute atomic E-state index is 11.5. The van der Waals surface area contributed by atoms with Crippen LogP contribution in [0.2, 0.25) is 5.02 Å². The van der Waals surface area contributed by atoms with Crippen LogP contribution in [0.1, 0.15) is 46.0 Å². The van der Waals surface area contributed by atoms with Gasteiger partial charge in [0.1, 0.15) is 5.54 Å². The molecule has 0 radical (unpaired) electrons. The van der Waals surface area contributed by atoms with Crippen LogP contribution in [0.15, 0.2) is 24.3 Å². The fourth-order valence-electron chi connectivity index (χ4n) is 1.98. The Morgan fingerprint density at radius 3 is 2.42 bits per heavy atom. The lowest BCUT2D eigenvalue weighted by atomic mass is 9.93. The lowest BCUT2D eigenvalue weighted by molar-refractivity contribution is -0.142. The first-order valence-electron chi connectivity index (χ1n) is 6.75. The molecule has 1 aromatic rings. The molecular formula is C15H22ClNO2. The maximum atomic E-state index is 11.5. The number of carbonyl (C=O) groups is 1. The molecule has 0 heterocycles. The molecule has 0 fully saturated rings. The summed E-state index contributed by atoms with van der Waals surface area (Å²) in [6, 6.07) is 7.11. The van der Waals surface area contributed by atoms with Crippen molar-refractivity contribution in [1.29, 1.82) is 0 Å². The number of hydrogen-bond acceptors (Lipinski definition) is 2. The minimum Gasteiger partial charge on any atom is -0.480 e. The van der Waals surface area contributed by atoms with Gasteiger partial charge in [0.15, 0.2) is 0 Å². The van der Waals surface area contributed by atoms with Gasteiger partial charge in [0.05, 0.1) is 0 Å². The molecule has 1 aromatic carbocycles. The number of anilines is 1. The molecule has 3 nitrogen and oxygen atoms in total. The van der Waals surface area contributed by atoms with E-state index in [1.165, 1.54) is 0 Å². The normalized spacial score (nSPS) is 13.8. The molecule has 0 spiro atoms. The van der Waals surface area contributed by atoms with Crippen molar-refractivity contribution >= 4 is 23.3 Å². The van der Waals surface area contributed by atoms with E-state index in [1.54, 1.807) is 31.2 Å². The Labute approximate surface area is 120 Å². The Bertz CT molecular complexity index is 405. The Balaban J connectivity index is 2.65. The van der Waals surface area contributed by atoms with Gasteiger partial charge in [0.25, 0.3) is 0 Å². The number of carboxylic acids is 1. The predicted molar refractivity (Wildman–Crippen MR) is 79.9 cm³/mol. The highest BCUT2D eigenvalue weighted by Gasteiger charge is 2.32. The van der Waals surface area contributed by atoms with Crippen LogP contribution in [-0.4, -0.2) is 16.6 Å². The average molecular weight is 284 g/mol. The average Bonchev–Trinajstić information content (AvgIpc) is 2.37. The highest BCUT2D eigenvalue weighted by molar-refractivity contribution is 6.30. The van der Waals surface area contributed by atoms with Crippen molar-refractivity contribution < 1.29 is 9.90 Å². The van der Waals surface area contributed by atoms with Crippen LogP contribution in [-0.2, 0) is 4.79 Å². The SMILES string of the molecule is CCCCCCC(C)(Nc1ccc(Cl)cc1)C(=O)O. The second kappa shape index (κ2) is 7.39. The monoisotopic (exact) mass is 283 g/mol. The Hall–Kier alpha value is -1.22. The van der Waals surface area contributed by atoms with E-state index in [4.69, 9.17) is 11.6 Å². The summed E-state index contributed by atoms with van der Waals surface area (Å²) >= 11 is 5.82. The zero-order valence-electron chi connectivity index (χ0n) is 11.6. The van der Waals surface area contributed by atoms with E-state index < -0.39 is 11.5 Å². The second-order valence-electron chi connectivity index (χ2n) is 5.08. The van der Waals surface area contributed by atoms with Crippen LogP contribution in [0.3, 0.4) is 0 Å². The topological polar surface area (TPSA) is 49.3 Å². The van der Waals surface area contributed by atoms with Crippen LogP contribution in [0.4, 0.5) is 5.69 Å². The van der Waals surface area contributed by atoms with Gasteiger partial charge < -0.3 is 10.4 Å². The largest absolute Gasteiger partial charge is 0.480 e. The van der Waals surface area contributed by atoms with Gasteiger partial charge in [0, 0.05) is 10.7 Å². The van der Waals surface area contributed by atoms with Gasteiger partial charge >= 0.3 is 5.97 Å². The summed E-state index contributed by atoms with van der Waals surface area (Å²) in [5, 5.41) is 13.2. The zero-order valence-corrected chi connectivity index (χ0v) is 12.3. The second-order valence-corrected chi connectivity index (χ2v) is 5.52. The zero-order chi connectivity index (χ0) is 14.3. The number of nitrogens with one attached hydrogen (secondary N) is 1. The van der Waals surface area contributed by atoms with Crippen molar-refractivity contribution in [1.82, 2.24) is 0 Å². The molecule has 106 valence electrons. The van der Waals surface area contributed by atoms with Gasteiger partial charge in [-0.2, -0.15) is 0 Å². The summed E-state index contributed by atoms with van der Waals surface area (Å²) < 4.78 is 0. The van der Waals surface area contributed by atoms with Crippen molar-refractivity contribution in [2.45, 2.75) is 51.5 Å². The first kappa shape index (κ1) is 15.8. The fourth-order valence-corrected chi connectivity index (χ4v) is 2.11. The van der Waals surface area contributed by atoms with Gasteiger partial charge in [-0.3, -0.25) is 0 Å². The molecule has 1 unspecified atom stereocenters.